The van der Waals surface area contributed by atoms with E-state index >= 15 is 0 Å². The van der Waals surface area contributed by atoms with Crippen LogP contribution in [0.3, 0.4) is 0 Å². The molecule has 0 unspecified atom stereocenters. The summed E-state index contributed by atoms with van der Waals surface area (Å²) < 4.78 is 28.4. The smallest absolute Gasteiger partial charge is 0.227 e. The number of anilines is 3. The van der Waals surface area contributed by atoms with Crippen LogP contribution < -0.4 is 10.2 Å². The molecular weight excluding hydrogens is 392 g/mol. The quantitative estimate of drug-likeness (QED) is 0.615. The van der Waals surface area contributed by atoms with Crippen molar-refractivity contribution in [3.63, 3.8) is 0 Å². The van der Waals surface area contributed by atoms with Gasteiger partial charge >= 0.3 is 0 Å². The van der Waals surface area contributed by atoms with Gasteiger partial charge in [0.1, 0.15) is 17.5 Å². The topological polar surface area (TPSA) is 44.3 Å². The summed E-state index contributed by atoms with van der Waals surface area (Å²) in [4.78, 5) is 12.4. The Morgan fingerprint density at radius 2 is 1.48 bits per heavy atom. The number of halogens is 2. The Morgan fingerprint density at radius 3 is 2.14 bits per heavy atom. The molecule has 1 fully saturated rings. The van der Waals surface area contributed by atoms with Crippen molar-refractivity contribution in [2.75, 3.05) is 36.4 Å². The Hall–Kier alpha value is -2.71. The van der Waals surface area contributed by atoms with Crippen molar-refractivity contribution in [2.45, 2.75) is 11.8 Å². The third kappa shape index (κ3) is 5.21. The molecule has 2 heterocycles. The summed E-state index contributed by atoms with van der Waals surface area (Å²) in [6, 6.07) is 14.6. The van der Waals surface area contributed by atoms with Gasteiger partial charge in [0, 0.05) is 48.5 Å². The first kappa shape index (κ1) is 19.6. The second-order valence-corrected chi connectivity index (χ2v) is 7.96. The van der Waals surface area contributed by atoms with Crippen molar-refractivity contribution in [1.82, 2.24) is 14.3 Å². The van der Waals surface area contributed by atoms with Crippen LogP contribution in [0.15, 0.2) is 59.5 Å². The van der Waals surface area contributed by atoms with Crippen LogP contribution in [0.25, 0.3) is 0 Å². The summed E-state index contributed by atoms with van der Waals surface area (Å²) in [7, 11) is 0. The van der Waals surface area contributed by atoms with Crippen molar-refractivity contribution in [3.8, 4) is 0 Å². The van der Waals surface area contributed by atoms with Crippen LogP contribution in [0.4, 0.5) is 26.2 Å². The van der Waals surface area contributed by atoms with Gasteiger partial charge in [-0.3, -0.25) is 0 Å². The van der Waals surface area contributed by atoms with Gasteiger partial charge in [-0.1, -0.05) is 0 Å². The van der Waals surface area contributed by atoms with Gasteiger partial charge in [-0.15, -0.1) is 0 Å². The van der Waals surface area contributed by atoms with Gasteiger partial charge in [-0.05, 0) is 67.4 Å². The largest absolute Gasteiger partial charge is 0.340 e. The molecule has 150 valence electrons. The maximum atomic E-state index is 13.1. The van der Waals surface area contributed by atoms with E-state index in [1.54, 1.807) is 36.2 Å². The van der Waals surface area contributed by atoms with Crippen LogP contribution in [-0.4, -0.2) is 40.5 Å². The fraction of sp³-hybridized carbons (Fsp3) is 0.238. The SMILES string of the molecule is Cc1cc(Nc2ccc(F)cc2)nc(N2CCN(Sc3ccc(F)cc3)CC2)n1. The monoisotopic (exact) mass is 413 g/mol. The number of rotatable bonds is 5. The van der Waals surface area contributed by atoms with Crippen LogP contribution in [0.5, 0.6) is 0 Å². The van der Waals surface area contributed by atoms with Gasteiger partial charge in [0.25, 0.3) is 0 Å². The fourth-order valence-electron chi connectivity index (χ4n) is 3.06. The molecule has 0 bridgehead atoms. The maximum absolute atomic E-state index is 13.1. The first-order valence-electron chi connectivity index (χ1n) is 9.37. The Balaban J connectivity index is 1.39. The molecule has 0 radical (unpaired) electrons. The Kier molecular flexibility index (Phi) is 5.92. The summed E-state index contributed by atoms with van der Waals surface area (Å²) in [6.45, 7) is 5.23. The van der Waals surface area contributed by atoms with E-state index < -0.39 is 0 Å². The highest BCUT2D eigenvalue weighted by Gasteiger charge is 2.20. The normalized spacial score (nSPS) is 14.8. The first-order chi connectivity index (χ1) is 14.0. The van der Waals surface area contributed by atoms with E-state index in [-0.39, 0.29) is 11.6 Å². The molecule has 8 heteroatoms. The predicted octanol–water partition coefficient (Wildman–Crippen LogP) is 4.64. The van der Waals surface area contributed by atoms with E-state index in [1.165, 1.54) is 24.3 Å². The second kappa shape index (κ2) is 8.75. The summed E-state index contributed by atoms with van der Waals surface area (Å²) >= 11 is 1.64. The van der Waals surface area contributed by atoms with Crippen molar-refractivity contribution in [2.24, 2.45) is 0 Å². The molecule has 0 atom stereocenters. The van der Waals surface area contributed by atoms with Crippen molar-refractivity contribution >= 4 is 29.4 Å². The summed E-state index contributed by atoms with van der Waals surface area (Å²) in [5.41, 5.74) is 1.64. The molecule has 3 aromatic rings. The summed E-state index contributed by atoms with van der Waals surface area (Å²) in [6.07, 6.45) is 0. The van der Waals surface area contributed by atoms with Gasteiger partial charge in [-0.25, -0.2) is 18.1 Å². The number of nitrogens with one attached hydrogen (secondary N) is 1. The van der Waals surface area contributed by atoms with E-state index in [0.29, 0.717) is 11.8 Å². The van der Waals surface area contributed by atoms with E-state index in [4.69, 9.17) is 0 Å². The van der Waals surface area contributed by atoms with Gasteiger partial charge in [0.15, 0.2) is 0 Å². The molecular formula is C21H21F2N5S. The number of aromatic nitrogens is 2. The van der Waals surface area contributed by atoms with Crippen molar-refractivity contribution < 1.29 is 8.78 Å². The summed E-state index contributed by atoms with van der Waals surface area (Å²) in [5, 5.41) is 3.21. The Morgan fingerprint density at radius 1 is 0.862 bits per heavy atom. The van der Waals surface area contributed by atoms with E-state index in [0.717, 1.165) is 42.5 Å². The number of hydrogen-bond acceptors (Lipinski definition) is 6. The zero-order valence-electron chi connectivity index (χ0n) is 16.0. The van der Waals surface area contributed by atoms with E-state index in [1.807, 2.05) is 13.0 Å². The minimum absolute atomic E-state index is 0.221. The molecule has 0 saturated carbocycles. The lowest BCUT2D eigenvalue weighted by Crippen LogP contribution is -2.44. The molecule has 1 aliphatic heterocycles. The molecule has 29 heavy (non-hydrogen) atoms. The highest BCUT2D eigenvalue weighted by atomic mass is 32.2. The summed E-state index contributed by atoms with van der Waals surface area (Å²) in [5.74, 6) is 0.871. The highest BCUT2D eigenvalue weighted by Crippen LogP contribution is 2.26. The third-order valence-electron chi connectivity index (χ3n) is 4.53. The molecule has 4 rings (SSSR count). The molecule has 2 aromatic carbocycles. The highest BCUT2D eigenvalue weighted by molar-refractivity contribution is 7.97. The standard InChI is InChI=1S/C21H21F2N5S/c1-15-14-20(25-18-6-2-16(22)3-7-18)26-21(24-15)27-10-12-28(13-11-27)29-19-8-4-17(23)5-9-19/h2-9,14H,10-13H2,1H3,(H,24,25,26). The maximum Gasteiger partial charge on any atom is 0.227 e. The minimum atomic E-state index is -0.272. The average Bonchev–Trinajstić information content (AvgIpc) is 2.72. The number of nitrogens with zero attached hydrogens (tertiary/aromatic N) is 4. The molecule has 1 aromatic heterocycles. The van der Waals surface area contributed by atoms with E-state index in [2.05, 4.69) is 24.5 Å². The van der Waals surface area contributed by atoms with Crippen LogP contribution in [-0.2, 0) is 0 Å². The lowest BCUT2D eigenvalue weighted by Gasteiger charge is -2.34. The molecule has 0 amide bonds. The van der Waals surface area contributed by atoms with Crippen molar-refractivity contribution in [3.05, 3.63) is 71.9 Å². The van der Waals surface area contributed by atoms with Gasteiger partial charge < -0.3 is 10.2 Å². The van der Waals surface area contributed by atoms with Gasteiger partial charge in [0.05, 0.1) is 0 Å². The Labute approximate surface area is 172 Å². The van der Waals surface area contributed by atoms with Crippen LogP contribution in [0.1, 0.15) is 5.69 Å². The molecule has 5 nitrogen and oxygen atoms in total. The average molecular weight is 413 g/mol. The van der Waals surface area contributed by atoms with Crippen LogP contribution in [0, 0.1) is 18.6 Å². The lowest BCUT2D eigenvalue weighted by molar-refractivity contribution is 0.426. The molecule has 0 spiro atoms. The molecule has 0 aliphatic carbocycles. The van der Waals surface area contributed by atoms with Crippen LogP contribution >= 0.6 is 11.9 Å². The number of piperazine rings is 1. The first-order valence-corrected chi connectivity index (χ1v) is 10.1. The predicted molar refractivity (Wildman–Crippen MR) is 112 cm³/mol. The minimum Gasteiger partial charge on any atom is -0.340 e. The van der Waals surface area contributed by atoms with Gasteiger partial charge in [0.2, 0.25) is 5.95 Å². The fourth-order valence-corrected chi connectivity index (χ4v) is 3.97. The second-order valence-electron chi connectivity index (χ2n) is 6.79. The molecule has 1 aliphatic rings. The van der Waals surface area contributed by atoms with Crippen LogP contribution in [0.2, 0.25) is 0 Å². The van der Waals surface area contributed by atoms with Gasteiger partial charge in [-0.2, -0.15) is 4.98 Å². The van der Waals surface area contributed by atoms with Crippen molar-refractivity contribution in [1.29, 1.82) is 0 Å². The molecule has 1 saturated heterocycles. The number of aryl methyl sites for hydroxylation is 1. The number of benzene rings is 2. The third-order valence-corrected chi connectivity index (χ3v) is 5.63. The zero-order valence-corrected chi connectivity index (χ0v) is 16.8. The Bertz CT molecular complexity index is 958. The lowest BCUT2D eigenvalue weighted by atomic mass is 10.3. The molecule has 1 N–H and O–H groups in total. The number of hydrogen-bond donors (Lipinski definition) is 1. The zero-order chi connectivity index (χ0) is 20.2. The van der Waals surface area contributed by atoms with E-state index in [9.17, 15) is 8.78 Å².